The third-order valence-corrected chi connectivity index (χ3v) is 7.01. The minimum atomic E-state index is -4.21. The number of alkyl halides is 3. The third kappa shape index (κ3) is 3.36. The summed E-state index contributed by atoms with van der Waals surface area (Å²) >= 11 is 1.11. The predicted octanol–water partition coefficient (Wildman–Crippen LogP) is 4.37. The molecule has 1 spiro atoms. The van der Waals surface area contributed by atoms with Crippen LogP contribution in [0.1, 0.15) is 29.7 Å². The largest absolute Gasteiger partial charge is 0.393 e. The highest BCUT2D eigenvalue weighted by Gasteiger charge is 2.48. The monoisotopic (exact) mass is 407 g/mol. The van der Waals surface area contributed by atoms with Gasteiger partial charge in [0.05, 0.1) is 18.0 Å². The number of fused-ring (bicyclic) bond motifs is 1. The molecule has 1 aliphatic carbocycles. The number of hydrogen-bond donors (Lipinski definition) is 1. The molecule has 3 aromatic heterocycles. The van der Waals surface area contributed by atoms with Gasteiger partial charge in [0.15, 0.2) is 0 Å². The van der Waals surface area contributed by atoms with Crippen molar-refractivity contribution in [3.05, 3.63) is 35.2 Å². The Morgan fingerprint density at radius 2 is 2.14 bits per heavy atom. The molecule has 1 aliphatic heterocycles. The molecule has 2 fully saturated rings. The van der Waals surface area contributed by atoms with E-state index < -0.39 is 12.6 Å². The minimum absolute atomic E-state index is 0.292. The van der Waals surface area contributed by atoms with Gasteiger partial charge in [0.2, 0.25) is 0 Å². The van der Waals surface area contributed by atoms with Gasteiger partial charge in [-0.25, -0.2) is 9.97 Å². The molecular formula is C19H20F3N5S. The molecule has 28 heavy (non-hydrogen) atoms. The van der Waals surface area contributed by atoms with Gasteiger partial charge in [0, 0.05) is 29.6 Å². The number of thiophene rings is 1. The van der Waals surface area contributed by atoms with Crippen molar-refractivity contribution in [2.75, 3.05) is 18.0 Å². The smallest absolute Gasteiger partial charge is 0.355 e. The fourth-order valence-corrected chi connectivity index (χ4v) is 5.87. The van der Waals surface area contributed by atoms with E-state index in [1.807, 2.05) is 12.4 Å². The average molecular weight is 407 g/mol. The van der Waals surface area contributed by atoms with E-state index in [9.17, 15) is 13.2 Å². The van der Waals surface area contributed by atoms with Crippen molar-refractivity contribution in [3.8, 4) is 0 Å². The van der Waals surface area contributed by atoms with Gasteiger partial charge in [-0.05, 0) is 43.2 Å². The van der Waals surface area contributed by atoms with Gasteiger partial charge in [-0.2, -0.15) is 18.3 Å². The van der Waals surface area contributed by atoms with E-state index >= 15 is 0 Å². The Morgan fingerprint density at radius 1 is 1.29 bits per heavy atom. The molecule has 4 heterocycles. The SMILES string of the molecule is FC(F)(F)Cc1cc2c(N3CC4(CCC(Cc5cn[nH]c5)C4)C3)ncnc2s1. The van der Waals surface area contributed by atoms with Crippen LogP contribution in [0.5, 0.6) is 0 Å². The van der Waals surface area contributed by atoms with E-state index in [0.29, 0.717) is 21.0 Å². The molecule has 2 aliphatic rings. The van der Waals surface area contributed by atoms with Gasteiger partial charge in [0.1, 0.15) is 17.0 Å². The van der Waals surface area contributed by atoms with Gasteiger partial charge in [0.25, 0.3) is 0 Å². The maximum Gasteiger partial charge on any atom is 0.393 e. The van der Waals surface area contributed by atoms with Crippen molar-refractivity contribution in [3.63, 3.8) is 0 Å². The molecule has 1 unspecified atom stereocenters. The molecule has 1 saturated heterocycles. The van der Waals surface area contributed by atoms with Crippen molar-refractivity contribution in [2.24, 2.45) is 11.3 Å². The minimum Gasteiger partial charge on any atom is -0.355 e. The topological polar surface area (TPSA) is 57.7 Å². The second-order valence-electron chi connectivity index (χ2n) is 8.20. The second-order valence-corrected chi connectivity index (χ2v) is 9.31. The molecule has 9 heteroatoms. The first-order valence-electron chi connectivity index (χ1n) is 9.42. The molecule has 148 valence electrons. The van der Waals surface area contributed by atoms with Crippen LogP contribution in [0.25, 0.3) is 10.2 Å². The number of nitrogens with one attached hydrogen (secondary N) is 1. The van der Waals surface area contributed by atoms with Crippen LogP contribution >= 0.6 is 11.3 Å². The first-order chi connectivity index (χ1) is 13.4. The van der Waals surface area contributed by atoms with E-state index in [1.165, 1.54) is 31.2 Å². The summed E-state index contributed by atoms with van der Waals surface area (Å²) in [7, 11) is 0. The molecule has 0 bridgehead atoms. The summed E-state index contributed by atoms with van der Waals surface area (Å²) in [4.78, 5) is 11.7. The van der Waals surface area contributed by atoms with Crippen LogP contribution in [0.4, 0.5) is 19.0 Å². The number of H-pyrrole nitrogens is 1. The van der Waals surface area contributed by atoms with E-state index in [-0.39, 0.29) is 0 Å². The van der Waals surface area contributed by atoms with Crippen LogP contribution in [-0.4, -0.2) is 39.4 Å². The van der Waals surface area contributed by atoms with Crippen molar-refractivity contribution in [1.29, 1.82) is 0 Å². The first-order valence-corrected chi connectivity index (χ1v) is 10.2. The number of aromatic amines is 1. The molecule has 3 aromatic rings. The van der Waals surface area contributed by atoms with Gasteiger partial charge >= 0.3 is 6.18 Å². The second kappa shape index (κ2) is 6.43. The molecule has 1 atom stereocenters. The summed E-state index contributed by atoms with van der Waals surface area (Å²) in [5.41, 5.74) is 1.57. The standard InChI is InChI=1S/C19H20F3N5S/c20-19(21,22)6-14-4-15-16(23-11-24-17(15)28-14)27-9-18(10-27)2-1-12(5-18)3-13-7-25-26-8-13/h4,7-8,11-12H,1-3,5-6,9-10H2,(H,25,26). The van der Waals surface area contributed by atoms with Crippen molar-refractivity contribution < 1.29 is 13.2 Å². The lowest BCUT2D eigenvalue weighted by Gasteiger charge is -2.49. The van der Waals surface area contributed by atoms with Crippen LogP contribution in [-0.2, 0) is 12.8 Å². The van der Waals surface area contributed by atoms with Crippen LogP contribution < -0.4 is 4.90 Å². The van der Waals surface area contributed by atoms with Gasteiger partial charge in [-0.1, -0.05) is 0 Å². The maximum absolute atomic E-state index is 12.7. The van der Waals surface area contributed by atoms with Crippen LogP contribution in [0.2, 0.25) is 0 Å². The van der Waals surface area contributed by atoms with Gasteiger partial charge < -0.3 is 4.90 Å². The maximum atomic E-state index is 12.7. The molecule has 5 nitrogen and oxygen atoms in total. The lowest BCUT2D eigenvalue weighted by atomic mass is 9.77. The van der Waals surface area contributed by atoms with Crippen molar-refractivity contribution in [1.82, 2.24) is 20.2 Å². The number of rotatable bonds is 4. The Hall–Kier alpha value is -2.16. The zero-order valence-corrected chi connectivity index (χ0v) is 16.0. The summed E-state index contributed by atoms with van der Waals surface area (Å²) in [5.74, 6) is 1.45. The molecular weight excluding hydrogens is 387 g/mol. The Labute approximate surface area is 164 Å². The zero-order chi connectivity index (χ0) is 19.4. The Morgan fingerprint density at radius 3 is 2.89 bits per heavy atom. The highest BCUT2D eigenvalue weighted by molar-refractivity contribution is 7.18. The number of hydrogen-bond acceptors (Lipinski definition) is 5. The first kappa shape index (κ1) is 17.9. The van der Waals surface area contributed by atoms with E-state index in [2.05, 4.69) is 25.1 Å². The molecule has 0 radical (unpaired) electrons. The number of halogens is 3. The van der Waals surface area contributed by atoms with E-state index in [1.54, 1.807) is 6.07 Å². The Balaban J connectivity index is 1.29. The Bertz CT molecular complexity index is 975. The highest BCUT2D eigenvalue weighted by atomic mass is 32.1. The highest BCUT2D eigenvalue weighted by Crippen LogP contribution is 2.50. The molecule has 0 amide bonds. The molecule has 1 saturated carbocycles. The fraction of sp³-hybridized carbons (Fsp3) is 0.526. The number of aromatic nitrogens is 4. The summed E-state index contributed by atoms with van der Waals surface area (Å²) in [6.45, 7) is 1.84. The van der Waals surface area contributed by atoms with Crippen LogP contribution in [0.3, 0.4) is 0 Å². The van der Waals surface area contributed by atoms with Gasteiger partial charge in [-0.3, -0.25) is 5.10 Å². The van der Waals surface area contributed by atoms with E-state index in [4.69, 9.17) is 0 Å². The number of anilines is 1. The van der Waals surface area contributed by atoms with Crippen LogP contribution in [0, 0.1) is 11.3 Å². The quantitative estimate of drug-likeness (QED) is 0.698. The third-order valence-electron chi connectivity index (χ3n) is 5.97. The number of nitrogens with zero attached hydrogens (tertiary/aromatic N) is 4. The molecule has 1 N–H and O–H groups in total. The lowest BCUT2D eigenvalue weighted by Crippen LogP contribution is -2.55. The molecule has 0 aromatic carbocycles. The summed E-state index contributed by atoms with van der Waals surface area (Å²) in [5, 5.41) is 7.64. The summed E-state index contributed by atoms with van der Waals surface area (Å²) in [6.07, 6.45) is 4.86. The predicted molar refractivity (Wildman–Crippen MR) is 101 cm³/mol. The normalized spacial score (nSPS) is 21.5. The van der Waals surface area contributed by atoms with Crippen LogP contribution in [0.15, 0.2) is 24.8 Å². The molecule has 5 rings (SSSR count). The zero-order valence-electron chi connectivity index (χ0n) is 15.2. The summed E-state index contributed by atoms with van der Waals surface area (Å²) < 4.78 is 38.2. The van der Waals surface area contributed by atoms with Crippen molar-refractivity contribution >= 4 is 27.4 Å². The fourth-order valence-electron chi connectivity index (χ4n) is 4.85. The summed E-state index contributed by atoms with van der Waals surface area (Å²) in [6, 6.07) is 1.62. The van der Waals surface area contributed by atoms with Crippen molar-refractivity contribution in [2.45, 2.75) is 38.3 Å². The average Bonchev–Trinajstić information content (AvgIpc) is 3.31. The lowest BCUT2D eigenvalue weighted by molar-refractivity contribution is -0.126. The Kier molecular flexibility index (Phi) is 4.12. The van der Waals surface area contributed by atoms with E-state index in [0.717, 1.165) is 42.1 Å². The van der Waals surface area contributed by atoms with Gasteiger partial charge in [-0.15, -0.1) is 11.3 Å².